The molecule has 0 aliphatic heterocycles. The Bertz CT molecular complexity index is 395. The second kappa shape index (κ2) is 10.4. The van der Waals surface area contributed by atoms with E-state index in [9.17, 15) is 0 Å². The second-order valence-corrected chi connectivity index (χ2v) is 6.34. The number of thiocarbonyl (C=S) groups is 1. The molecule has 0 aliphatic carbocycles. The van der Waals surface area contributed by atoms with Crippen LogP contribution in [0.4, 0.5) is 0 Å². The van der Waals surface area contributed by atoms with Crippen LogP contribution in [0.15, 0.2) is 29.5 Å². The number of hydrazone groups is 1. The van der Waals surface area contributed by atoms with Gasteiger partial charge in [0.25, 0.3) is 0 Å². The zero-order valence-corrected chi connectivity index (χ0v) is 14.0. The molecule has 0 radical (unpaired) electrons. The van der Waals surface area contributed by atoms with E-state index in [-0.39, 0.29) is 5.54 Å². The van der Waals surface area contributed by atoms with Gasteiger partial charge in [-0.15, -0.1) is 0 Å². The molecule has 0 unspecified atom stereocenters. The molecule has 0 spiro atoms. The Kier molecular flexibility index (Phi) is 10.2. The van der Waals surface area contributed by atoms with Crippen LogP contribution in [0.3, 0.4) is 0 Å². The van der Waals surface area contributed by atoms with Crippen molar-refractivity contribution in [1.82, 2.24) is 15.7 Å². The molecule has 0 atom stereocenters. The normalized spacial score (nSPS) is 10.8. The molecule has 0 saturated carbocycles. The summed E-state index contributed by atoms with van der Waals surface area (Å²) in [5, 5.41) is 7.58. The maximum atomic E-state index is 5.06. The Morgan fingerprint density at radius 3 is 2.53 bits per heavy atom. The number of halogens is 2. The van der Waals surface area contributed by atoms with Gasteiger partial charge in [0, 0.05) is 11.7 Å². The van der Waals surface area contributed by atoms with Gasteiger partial charge in [-0.05, 0) is 45.1 Å². The summed E-state index contributed by atoms with van der Waals surface area (Å²) < 4.78 is 0. The quantitative estimate of drug-likeness (QED) is 0.363. The zero-order valence-electron chi connectivity index (χ0n) is 10.7. The molecular formula is C11H16Cl2CuN4S. The van der Waals surface area contributed by atoms with Crippen molar-refractivity contribution in [2.75, 3.05) is 0 Å². The number of nitrogens with zero attached hydrogens (tertiary/aromatic N) is 2. The monoisotopic (exact) mass is 369 g/mol. The fraction of sp³-hybridized carbons (Fsp3) is 0.364. The van der Waals surface area contributed by atoms with Gasteiger partial charge >= 0.3 is 33.3 Å². The Hall–Kier alpha value is -0.391. The van der Waals surface area contributed by atoms with Gasteiger partial charge in [0.05, 0.1) is 11.9 Å². The van der Waals surface area contributed by atoms with E-state index in [0.29, 0.717) is 5.11 Å². The number of hydrogen-bond donors (Lipinski definition) is 2. The third kappa shape index (κ3) is 12.4. The molecule has 1 aromatic rings. The van der Waals surface area contributed by atoms with Gasteiger partial charge in [-0.25, -0.2) is 0 Å². The van der Waals surface area contributed by atoms with Crippen molar-refractivity contribution >= 4 is 43.7 Å². The Balaban J connectivity index is 0.000000982. The molecule has 0 aromatic carbocycles. The number of aromatic nitrogens is 1. The average molecular weight is 371 g/mol. The third-order valence-corrected chi connectivity index (χ3v) is 1.73. The molecule has 1 aromatic heterocycles. The van der Waals surface area contributed by atoms with E-state index in [1.165, 1.54) is 0 Å². The van der Waals surface area contributed by atoms with Gasteiger partial charge in [0.1, 0.15) is 0 Å². The molecule has 0 aliphatic rings. The Morgan fingerprint density at radius 1 is 1.42 bits per heavy atom. The molecule has 0 fully saturated rings. The van der Waals surface area contributed by atoms with E-state index in [4.69, 9.17) is 12.2 Å². The first-order chi connectivity index (χ1) is 8.89. The van der Waals surface area contributed by atoms with E-state index >= 15 is 0 Å². The summed E-state index contributed by atoms with van der Waals surface area (Å²) in [6.45, 7) is 6.09. The van der Waals surface area contributed by atoms with Crippen LogP contribution in [-0.2, 0) is 13.1 Å². The van der Waals surface area contributed by atoms with E-state index < -0.39 is 0 Å². The summed E-state index contributed by atoms with van der Waals surface area (Å²) >= 11 is 5.82. The number of rotatable bonds is 2. The number of hydrogen-bond acceptors (Lipinski definition) is 3. The minimum atomic E-state index is -0.0649. The summed E-state index contributed by atoms with van der Waals surface area (Å²) in [7, 11) is 9.34. The van der Waals surface area contributed by atoms with Crippen LogP contribution in [0, 0.1) is 0 Å². The number of pyridine rings is 1. The van der Waals surface area contributed by atoms with Crippen molar-refractivity contribution in [3.8, 4) is 0 Å². The SMILES string of the molecule is CC(C)(C)NC(=S)NN=Cc1ccccn1.[Cl][Cu][Cl]. The molecule has 19 heavy (non-hydrogen) atoms. The standard InChI is InChI=1S/C11H16N4S.2ClH.Cu/c1-11(2,3)14-10(16)15-13-8-9-6-4-5-7-12-9;;;/h4-8H,1-3H3,(H2,14,15,16);2*1H;/q;;;+2/p-2. The van der Waals surface area contributed by atoms with Crippen LogP contribution >= 0.6 is 32.4 Å². The summed E-state index contributed by atoms with van der Waals surface area (Å²) in [5.41, 5.74) is 3.46. The van der Waals surface area contributed by atoms with Crippen molar-refractivity contribution in [3.05, 3.63) is 30.1 Å². The zero-order chi connectivity index (χ0) is 14.7. The molecule has 0 bridgehead atoms. The summed E-state index contributed by atoms with van der Waals surface area (Å²) in [6, 6.07) is 5.63. The molecule has 0 amide bonds. The summed E-state index contributed by atoms with van der Waals surface area (Å²) in [4.78, 5) is 4.10. The van der Waals surface area contributed by atoms with Crippen LogP contribution in [0.1, 0.15) is 26.5 Å². The van der Waals surface area contributed by atoms with Crippen molar-refractivity contribution in [1.29, 1.82) is 0 Å². The molecule has 2 N–H and O–H groups in total. The first-order valence-corrected chi connectivity index (χ1v) is 8.22. The van der Waals surface area contributed by atoms with Gasteiger partial charge in [-0.3, -0.25) is 10.4 Å². The van der Waals surface area contributed by atoms with Crippen molar-refractivity contribution in [3.63, 3.8) is 0 Å². The van der Waals surface area contributed by atoms with Crippen molar-refractivity contribution in [2.24, 2.45) is 5.10 Å². The topological polar surface area (TPSA) is 49.3 Å². The van der Waals surface area contributed by atoms with E-state index in [0.717, 1.165) is 18.8 Å². The fourth-order valence-corrected chi connectivity index (χ4v) is 1.34. The van der Waals surface area contributed by atoms with Gasteiger partial charge in [0.15, 0.2) is 5.11 Å². The Labute approximate surface area is 134 Å². The molecular weight excluding hydrogens is 355 g/mol. The van der Waals surface area contributed by atoms with Gasteiger partial charge in [-0.2, -0.15) is 5.10 Å². The number of nitrogens with one attached hydrogen (secondary N) is 2. The first kappa shape index (κ1) is 18.6. The van der Waals surface area contributed by atoms with Crippen molar-refractivity contribution in [2.45, 2.75) is 26.3 Å². The van der Waals surface area contributed by atoms with Gasteiger partial charge < -0.3 is 5.32 Å². The third-order valence-electron chi connectivity index (χ3n) is 1.54. The van der Waals surface area contributed by atoms with Crippen LogP contribution in [-0.4, -0.2) is 21.8 Å². The van der Waals surface area contributed by atoms with Crippen LogP contribution in [0.2, 0.25) is 0 Å². The van der Waals surface area contributed by atoms with Gasteiger partial charge in [0.2, 0.25) is 0 Å². The van der Waals surface area contributed by atoms with Crippen LogP contribution in [0.5, 0.6) is 0 Å². The molecule has 1 rings (SSSR count). The summed E-state index contributed by atoms with van der Waals surface area (Å²) in [5.74, 6) is 0. The predicted molar refractivity (Wildman–Crippen MR) is 82.2 cm³/mol. The van der Waals surface area contributed by atoms with E-state index in [1.807, 2.05) is 39.0 Å². The predicted octanol–water partition coefficient (Wildman–Crippen LogP) is 3.05. The van der Waals surface area contributed by atoms with E-state index in [1.54, 1.807) is 12.4 Å². The van der Waals surface area contributed by atoms with Crippen LogP contribution in [0.25, 0.3) is 0 Å². The first-order valence-electron chi connectivity index (χ1n) is 5.22. The second-order valence-electron chi connectivity index (χ2n) is 4.37. The fourth-order valence-electron chi connectivity index (χ4n) is 0.978. The average Bonchev–Trinajstić information content (AvgIpc) is 2.29. The molecule has 8 heteroatoms. The van der Waals surface area contributed by atoms with Crippen LogP contribution < -0.4 is 10.7 Å². The molecule has 111 valence electrons. The molecule has 4 nitrogen and oxygen atoms in total. The Morgan fingerprint density at radius 2 is 2.05 bits per heavy atom. The molecule has 1 heterocycles. The minimum absolute atomic E-state index is 0.0649. The summed E-state index contributed by atoms with van der Waals surface area (Å²) in [6.07, 6.45) is 3.34. The molecule has 0 saturated heterocycles. The maximum absolute atomic E-state index is 5.06. The van der Waals surface area contributed by atoms with Crippen molar-refractivity contribution < 1.29 is 13.1 Å². The van der Waals surface area contributed by atoms with Gasteiger partial charge in [-0.1, -0.05) is 6.07 Å². The van der Waals surface area contributed by atoms with E-state index in [2.05, 4.69) is 41.0 Å².